The maximum absolute atomic E-state index is 13.6. The Morgan fingerprint density at radius 2 is 2.12 bits per heavy atom. The van der Waals surface area contributed by atoms with E-state index in [9.17, 15) is 18.3 Å². The molecule has 2 aromatic heterocycles. The Kier molecular flexibility index (Phi) is 5.88. The molecule has 1 spiro atoms. The molecule has 0 aromatic carbocycles. The second kappa shape index (κ2) is 8.34. The van der Waals surface area contributed by atoms with E-state index in [0.29, 0.717) is 36.3 Å². The van der Waals surface area contributed by atoms with Crippen LogP contribution in [0.3, 0.4) is 0 Å². The molecular formula is C23H30F3N3O3S. The summed E-state index contributed by atoms with van der Waals surface area (Å²) in [5, 5.41) is 14.2. The van der Waals surface area contributed by atoms with Gasteiger partial charge in [-0.2, -0.15) is 18.3 Å². The van der Waals surface area contributed by atoms with Gasteiger partial charge in [0.15, 0.2) is 0 Å². The number of hydrogen-bond donors (Lipinski definition) is 1. The van der Waals surface area contributed by atoms with E-state index in [0.717, 1.165) is 49.7 Å². The quantitative estimate of drug-likeness (QED) is 0.695. The van der Waals surface area contributed by atoms with E-state index in [1.165, 1.54) is 0 Å². The third-order valence-corrected chi connectivity index (χ3v) is 8.75. The van der Waals surface area contributed by atoms with Crippen molar-refractivity contribution in [2.24, 2.45) is 5.41 Å². The van der Waals surface area contributed by atoms with Gasteiger partial charge in [-0.05, 0) is 31.7 Å². The van der Waals surface area contributed by atoms with Gasteiger partial charge in [-0.1, -0.05) is 6.92 Å². The van der Waals surface area contributed by atoms with Gasteiger partial charge in [0, 0.05) is 46.7 Å². The molecular weight excluding hydrogens is 455 g/mol. The summed E-state index contributed by atoms with van der Waals surface area (Å²) in [7, 11) is 0. The van der Waals surface area contributed by atoms with Crippen LogP contribution in [0, 0.1) is 5.41 Å². The minimum Gasteiger partial charge on any atom is -0.392 e. The first kappa shape index (κ1) is 23.3. The summed E-state index contributed by atoms with van der Waals surface area (Å²) in [6.45, 7) is 7.92. The zero-order valence-electron chi connectivity index (χ0n) is 19.0. The Labute approximate surface area is 195 Å². The van der Waals surface area contributed by atoms with Crippen molar-refractivity contribution < 1.29 is 27.8 Å². The Balaban J connectivity index is 1.31. The van der Waals surface area contributed by atoms with Crippen LogP contribution in [0.25, 0.3) is 0 Å². The predicted molar refractivity (Wildman–Crippen MR) is 117 cm³/mol. The van der Waals surface area contributed by atoms with Crippen molar-refractivity contribution in [1.82, 2.24) is 14.7 Å². The summed E-state index contributed by atoms with van der Waals surface area (Å²) < 4.78 is 54.4. The van der Waals surface area contributed by atoms with Crippen LogP contribution in [0.5, 0.6) is 0 Å². The third kappa shape index (κ3) is 4.25. The molecule has 33 heavy (non-hydrogen) atoms. The number of ether oxygens (including phenoxy) is 2. The van der Waals surface area contributed by atoms with E-state index in [4.69, 9.17) is 9.47 Å². The van der Waals surface area contributed by atoms with Crippen molar-refractivity contribution in [3.8, 4) is 0 Å². The molecule has 10 heteroatoms. The summed E-state index contributed by atoms with van der Waals surface area (Å²) >= 11 is 0.770. The number of hydrogen-bond acceptors (Lipinski definition) is 6. The van der Waals surface area contributed by atoms with Crippen LogP contribution in [0.15, 0.2) is 12.4 Å². The molecule has 2 aromatic rings. The van der Waals surface area contributed by atoms with Gasteiger partial charge in [-0.15, -0.1) is 11.3 Å². The van der Waals surface area contributed by atoms with Crippen LogP contribution < -0.4 is 0 Å². The molecule has 0 amide bonds. The number of halogens is 3. The zero-order valence-corrected chi connectivity index (χ0v) is 19.8. The highest BCUT2D eigenvalue weighted by Gasteiger charge is 2.48. The summed E-state index contributed by atoms with van der Waals surface area (Å²) in [6, 6.07) is 0.139. The van der Waals surface area contributed by atoms with Crippen molar-refractivity contribution in [3.63, 3.8) is 0 Å². The number of aromatic nitrogens is 2. The lowest BCUT2D eigenvalue weighted by molar-refractivity contribution is -0.135. The highest BCUT2D eigenvalue weighted by Crippen LogP contribution is 2.51. The molecule has 5 heterocycles. The number of piperidine rings is 1. The highest BCUT2D eigenvalue weighted by molar-refractivity contribution is 7.12. The maximum atomic E-state index is 13.6. The molecule has 5 rings (SSSR count). The lowest BCUT2D eigenvalue weighted by Crippen LogP contribution is -2.50. The molecule has 0 aliphatic carbocycles. The fraction of sp³-hybridized carbons (Fsp3) is 0.696. The number of aliphatic hydroxyl groups excluding tert-OH is 1. The van der Waals surface area contributed by atoms with Crippen molar-refractivity contribution in [2.45, 2.75) is 70.6 Å². The van der Waals surface area contributed by atoms with Gasteiger partial charge in [-0.3, -0.25) is 9.58 Å². The van der Waals surface area contributed by atoms with Crippen LogP contribution >= 0.6 is 11.3 Å². The lowest BCUT2D eigenvalue weighted by atomic mass is 9.81. The number of likely N-dealkylation sites (tertiary alicyclic amines) is 1. The van der Waals surface area contributed by atoms with Gasteiger partial charge < -0.3 is 14.6 Å². The van der Waals surface area contributed by atoms with Crippen LogP contribution in [-0.4, -0.2) is 52.2 Å². The number of fused-ring (bicyclic) bond motifs is 2. The van der Waals surface area contributed by atoms with E-state index in [2.05, 4.69) is 30.0 Å². The van der Waals surface area contributed by atoms with Gasteiger partial charge in [0.25, 0.3) is 0 Å². The van der Waals surface area contributed by atoms with Gasteiger partial charge in [0.05, 0.1) is 39.2 Å². The standard InChI is InChI=1S/C23H30F3N3O3S/c1-15-7-22(19-17(3-6-32-22)18(11-30)20(33-19)23(24,25)26)4-5-28(15)9-16-8-27-29(10-16)12-21(2)13-31-14-21/h8,10,15,30H,3-7,9,11-14H2,1-2H3/t15-,22+/m0/s1. The smallest absolute Gasteiger partial charge is 0.392 e. The minimum absolute atomic E-state index is 0.0400. The number of alkyl halides is 3. The first-order valence-corrected chi connectivity index (χ1v) is 12.2. The molecule has 3 aliphatic rings. The van der Waals surface area contributed by atoms with Crippen molar-refractivity contribution in [3.05, 3.63) is 38.8 Å². The van der Waals surface area contributed by atoms with Gasteiger partial charge in [-0.25, -0.2) is 0 Å². The molecule has 0 bridgehead atoms. The minimum atomic E-state index is -4.46. The first-order valence-electron chi connectivity index (χ1n) is 11.4. The fourth-order valence-corrected chi connectivity index (χ4v) is 6.92. The van der Waals surface area contributed by atoms with Crippen molar-refractivity contribution in [2.75, 3.05) is 26.4 Å². The van der Waals surface area contributed by atoms with Crippen LogP contribution in [-0.2, 0) is 47.4 Å². The number of rotatable bonds is 5. The van der Waals surface area contributed by atoms with Gasteiger partial charge >= 0.3 is 6.18 Å². The molecule has 1 N–H and O–H groups in total. The Hall–Kier alpha value is -1.46. The first-order chi connectivity index (χ1) is 15.6. The van der Waals surface area contributed by atoms with E-state index >= 15 is 0 Å². The molecule has 2 saturated heterocycles. The zero-order chi connectivity index (χ0) is 23.4. The average Bonchev–Trinajstić information content (AvgIpc) is 3.34. The molecule has 3 aliphatic heterocycles. The molecule has 0 unspecified atom stereocenters. The van der Waals surface area contributed by atoms with Crippen molar-refractivity contribution in [1.29, 1.82) is 0 Å². The molecule has 0 radical (unpaired) electrons. The largest absolute Gasteiger partial charge is 0.425 e. The predicted octanol–water partition coefficient (Wildman–Crippen LogP) is 3.94. The summed E-state index contributed by atoms with van der Waals surface area (Å²) in [6.07, 6.45) is 1.20. The molecule has 0 saturated carbocycles. The van der Waals surface area contributed by atoms with E-state index in [1.54, 1.807) is 0 Å². The molecule has 182 valence electrons. The summed E-state index contributed by atoms with van der Waals surface area (Å²) in [5.41, 5.74) is 1.26. The monoisotopic (exact) mass is 485 g/mol. The fourth-order valence-electron chi connectivity index (χ4n) is 5.51. The Bertz CT molecular complexity index is 1020. The SMILES string of the molecule is C[C@H]1C[C@@]2(CCN1Cc1cnn(CC3(C)COC3)c1)OCCc1c2sc(C(F)(F)F)c1CO. The molecule has 6 nitrogen and oxygen atoms in total. The molecule has 2 fully saturated rings. The highest BCUT2D eigenvalue weighted by atomic mass is 32.1. The average molecular weight is 486 g/mol. The van der Waals surface area contributed by atoms with Crippen LogP contribution in [0.4, 0.5) is 13.2 Å². The second-order valence-electron chi connectivity index (χ2n) is 10.1. The lowest BCUT2D eigenvalue weighted by Gasteiger charge is -2.47. The van der Waals surface area contributed by atoms with E-state index in [-0.39, 0.29) is 17.0 Å². The third-order valence-electron chi connectivity index (χ3n) is 7.24. The topological polar surface area (TPSA) is 59.8 Å². The van der Waals surface area contributed by atoms with E-state index in [1.807, 2.05) is 10.9 Å². The van der Waals surface area contributed by atoms with E-state index < -0.39 is 23.3 Å². The maximum Gasteiger partial charge on any atom is 0.425 e. The molecule has 2 atom stereocenters. The summed E-state index contributed by atoms with van der Waals surface area (Å²) in [4.78, 5) is 2.34. The van der Waals surface area contributed by atoms with Crippen molar-refractivity contribution >= 4 is 11.3 Å². The number of aliphatic hydroxyl groups is 1. The Morgan fingerprint density at radius 1 is 1.33 bits per heavy atom. The second-order valence-corrected chi connectivity index (χ2v) is 11.1. The van der Waals surface area contributed by atoms with Gasteiger partial charge in [0.2, 0.25) is 0 Å². The van der Waals surface area contributed by atoms with Gasteiger partial charge in [0.1, 0.15) is 10.5 Å². The normalized spacial score (nSPS) is 27.5. The Morgan fingerprint density at radius 3 is 2.76 bits per heavy atom. The number of thiophene rings is 1. The van der Waals surface area contributed by atoms with Crippen LogP contribution in [0.2, 0.25) is 0 Å². The van der Waals surface area contributed by atoms with Crippen LogP contribution in [0.1, 0.15) is 53.1 Å². The summed E-state index contributed by atoms with van der Waals surface area (Å²) in [5.74, 6) is 0. The number of nitrogens with zero attached hydrogens (tertiary/aromatic N) is 3.